The molecule has 0 aliphatic rings. The van der Waals surface area contributed by atoms with Crippen molar-refractivity contribution >= 4 is 0 Å². The lowest BCUT2D eigenvalue weighted by molar-refractivity contribution is 0.260. The number of rotatable bonds is 6. The number of ether oxygens (including phenoxy) is 1. The van der Waals surface area contributed by atoms with Crippen LogP contribution in [-0.2, 0) is 13.2 Å². The van der Waals surface area contributed by atoms with E-state index in [0.717, 1.165) is 18.7 Å². The first kappa shape index (κ1) is 11.7. The van der Waals surface area contributed by atoms with Gasteiger partial charge in [-0.05, 0) is 18.6 Å². The fourth-order valence-electron chi connectivity index (χ4n) is 1.64. The van der Waals surface area contributed by atoms with Crippen molar-refractivity contribution in [2.75, 3.05) is 6.61 Å². The smallest absolute Gasteiger partial charge is 0.134 e. The van der Waals surface area contributed by atoms with E-state index in [0.29, 0.717) is 12.4 Å². The van der Waals surface area contributed by atoms with Gasteiger partial charge in [0.05, 0.1) is 6.61 Å². The average molecular weight is 232 g/mol. The number of aliphatic hydroxyl groups is 1. The number of hydrogen-bond acceptors (Lipinski definition) is 3. The maximum absolute atomic E-state index is 9.03. The minimum absolute atomic E-state index is 0.0213. The van der Waals surface area contributed by atoms with Crippen molar-refractivity contribution in [1.82, 2.24) is 9.55 Å². The number of aryl methyl sites for hydroxylation is 1. The zero-order chi connectivity index (χ0) is 11.9. The van der Waals surface area contributed by atoms with Crippen LogP contribution in [0.3, 0.4) is 0 Å². The summed E-state index contributed by atoms with van der Waals surface area (Å²) in [6, 6.07) is 9.75. The molecule has 90 valence electrons. The Kier molecular flexibility index (Phi) is 4.16. The Hall–Kier alpha value is -1.81. The van der Waals surface area contributed by atoms with Crippen LogP contribution in [0.1, 0.15) is 12.2 Å². The summed E-state index contributed by atoms with van der Waals surface area (Å²) in [6.07, 6.45) is 4.45. The zero-order valence-corrected chi connectivity index (χ0v) is 9.62. The highest BCUT2D eigenvalue weighted by atomic mass is 16.5. The second kappa shape index (κ2) is 6.06. The van der Waals surface area contributed by atoms with E-state index in [9.17, 15) is 0 Å². The van der Waals surface area contributed by atoms with E-state index < -0.39 is 0 Å². The maximum atomic E-state index is 9.03. The summed E-state index contributed by atoms with van der Waals surface area (Å²) in [4.78, 5) is 4.04. The molecule has 1 heterocycles. The van der Waals surface area contributed by atoms with Crippen molar-refractivity contribution in [2.45, 2.75) is 19.6 Å². The predicted molar refractivity (Wildman–Crippen MR) is 64.7 cm³/mol. The topological polar surface area (TPSA) is 47.3 Å². The molecule has 0 aliphatic heterocycles. The monoisotopic (exact) mass is 232 g/mol. The third-order valence-corrected chi connectivity index (χ3v) is 2.50. The minimum atomic E-state index is -0.0213. The van der Waals surface area contributed by atoms with Crippen LogP contribution < -0.4 is 4.74 Å². The van der Waals surface area contributed by atoms with Gasteiger partial charge in [0.25, 0.3) is 0 Å². The first-order chi connectivity index (χ1) is 8.40. The van der Waals surface area contributed by atoms with E-state index in [1.807, 2.05) is 41.1 Å². The van der Waals surface area contributed by atoms with Gasteiger partial charge in [-0.3, -0.25) is 0 Å². The molecule has 0 saturated heterocycles. The van der Waals surface area contributed by atoms with Crippen molar-refractivity contribution in [3.05, 3.63) is 48.5 Å². The largest absolute Gasteiger partial charge is 0.494 e. The molecule has 1 aromatic heterocycles. The predicted octanol–water partition coefficient (Wildman–Crippen LogP) is 1.84. The van der Waals surface area contributed by atoms with Crippen molar-refractivity contribution < 1.29 is 9.84 Å². The quantitative estimate of drug-likeness (QED) is 0.773. The average Bonchev–Trinajstić information content (AvgIpc) is 2.83. The summed E-state index contributed by atoms with van der Waals surface area (Å²) in [5.74, 6) is 1.59. The highest BCUT2D eigenvalue weighted by molar-refractivity contribution is 5.20. The molecule has 0 spiro atoms. The highest BCUT2D eigenvalue weighted by Crippen LogP contribution is 2.08. The van der Waals surface area contributed by atoms with Crippen LogP contribution in [0.15, 0.2) is 42.7 Å². The van der Waals surface area contributed by atoms with Gasteiger partial charge in [0.2, 0.25) is 0 Å². The fourth-order valence-corrected chi connectivity index (χ4v) is 1.64. The van der Waals surface area contributed by atoms with E-state index >= 15 is 0 Å². The van der Waals surface area contributed by atoms with Gasteiger partial charge in [-0.2, -0.15) is 0 Å². The molecule has 0 amide bonds. The maximum Gasteiger partial charge on any atom is 0.134 e. The molecule has 1 N–H and O–H groups in total. The Morgan fingerprint density at radius 2 is 2.06 bits per heavy atom. The molecule has 0 aliphatic carbocycles. The molecule has 4 heteroatoms. The third-order valence-electron chi connectivity index (χ3n) is 2.50. The molecule has 0 unspecified atom stereocenters. The second-order valence-corrected chi connectivity index (χ2v) is 3.71. The van der Waals surface area contributed by atoms with Crippen LogP contribution in [0.4, 0.5) is 0 Å². The van der Waals surface area contributed by atoms with Gasteiger partial charge in [0.15, 0.2) is 0 Å². The van der Waals surface area contributed by atoms with Gasteiger partial charge in [-0.15, -0.1) is 0 Å². The van der Waals surface area contributed by atoms with Crippen LogP contribution in [0.2, 0.25) is 0 Å². The normalized spacial score (nSPS) is 10.4. The van der Waals surface area contributed by atoms with Crippen LogP contribution in [0, 0.1) is 0 Å². The van der Waals surface area contributed by atoms with Crippen LogP contribution in [0.25, 0.3) is 0 Å². The number of nitrogens with zero attached hydrogens (tertiary/aromatic N) is 2. The lowest BCUT2D eigenvalue weighted by Gasteiger charge is -2.07. The van der Waals surface area contributed by atoms with E-state index in [1.54, 1.807) is 6.20 Å². The summed E-state index contributed by atoms with van der Waals surface area (Å²) < 4.78 is 7.52. The van der Waals surface area contributed by atoms with Gasteiger partial charge < -0.3 is 14.4 Å². The molecule has 17 heavy (non-hydrogen) atoms. The Labute approximate surface area is 100 Å². The van der Waals surface area contributed by atoms with Crippen molar-refractivity contribution in [2.24, 2.45) is 0 Å². The number of para-hydroxylation sites is 1. The Bertz CT molecular complexity index is 440. The minimum Gasteiger partial charge on any atom is -0.494 e. The molecule has 1 aromatic carbocycles. The molecular formula is C13H16N2O2. The summed E-state index contributed by atoms with van der Waals surface area (Å²) in [7, 11) is 0. The summed E-state index contributed by atoms with van der Waals surface area (Å²) in [6.45, 7) is 1.45. The van der Waals surface area contributed by atoms with E-state index in [1.165, 1.54) is 0 Å². The van der Waals surface area contributed by atoms with Gasteiger partial charge >= 0.3 is 0 Å². The van der Waals surface area contributed by atoms with Crippen LogP contribution >= 0.6 is 0 Å². The Morgan fingerprint density at radius 1 is 1.24 bits per heavy atom. The number of hydrogen-bond donors (Lipinski definition) is 1. The van der Waals surface area contributed by atoms with Gasteiger partial charge in [0.1, 0.15) is 18.2 Å². The van der Waals surface area contributed by atoms with Crippen LogP contribution in [-0.4, -0.2) is 21.3 Å². The fraction of sp³-hybridized carbons (Fsp3) is 0.308. The lowest BCUT2D eigenvalue weighted by Crippen LogP contribution is -2.07. The molecule has 0 saturated carbocycles. The summed E-state index contributed by atoms with van der Waals surface area (Å²) in [5.41, 5.74) is 0. The van der Waals surface area contributed by atoms with Crippen LogP contribution in [0.5, 0.6) is 5.75 Å². The van der Waals surface area contributed by atoms with E-state index in [4.69, 9.17) is 9.84 Å². The number of aromatic nitrogens is 2. The van der Waals surface area contributed by atoms with E-state index in [-0.39, 0.29) is 6.61 Å². The number of benzene rings is 1. The number of aliphatic hydroxyl groups excluding tert-OH is 1. The summed E-state index contributed by atoms with van der Waals surface area (Å²) in [5, 5.41) is 9.03. The molecule has 0 radical (unpaired) electrons. The van der Waals surface area contributed by atoms with Gasteiger partial charge in [-0.1, -0.05) is 18.2 Å². The van der Waals surface area contributed by atoms with Crippen molar-refractivity contribution in [3.63, 3.8) is 0 Å². The standard InChI is InChI=1S/C13H16N2O2/c16-11-13-14-7-9-15(13)8-4-10-17-12-5-2-1-3-6-12/h1-3,5-7,9,16H,4,8,10-11H2. The Morgan fingerprint density at radius 3 is 2.82 bits per heavy atom. The van der Waals surface area contributed by atoms with Gasteiger partial charge in [0, 0.05) is 18.9 Å². The molecule has 2 aromatic rings. The molecule has 0 atom stereocenters. The zero-order valence-electron chi connectivity index (χ0n) is 9.62. The molecule has 4 nitrogen and oxygen atoms in total. The number of imidazole rings is 1. The second-order valence-electron chi connectivity index (χ2n) is 3.71. The van der Waals surface area contributed by atoms with Gasteiger partial charge in [-0.25, -0.2) is 4.98 Å². The first-order valence-electron chi connectivity index (χ1n) is 5.69. The molecule has 0 bridgehead atoms. The Balaban J connectivity index is 1.73. The SMILES string of the molecule is OCc1nccn1CCCOc1ccccc1. The van der Waals surface area contributed by atoms with Crippen molar-refractivity contribution in [1.29, 1.82) is 0 Å². The lowest BCUT2D eigenvalue weighted by atomic mass is 10.3. The molecular weight excluding hydrogens is 216 g/mol. The highest BCUT2D eigenvalue weighted by Gasteiger charge is 2.00. The molecule has 0 fully saturated rings. The van der Waals surface area contributed by atoms with Crippen molar-refractivity contribution in [3.8, 4) is 5.75 Å². The molecule has 2 rings (SSSR count). The third kappa shape index (κ3) is 3.32. The van der Waals surface area contributed by atoms with E-state index in [2.05, 4.69) is 4.98 Å². The first-order valence-corrected chi connectivity index (χ1v) is 5.69. The summed E-state index contributed by atoms with van der Waals surface area (Å²) >= 11 is 0.